The summed E-state index contributed by atoms with van der Waals surface area (Å²) in [5, 5.41) is 6.21. The van der Waals surface area contributed by atoms with Crippen molar-refractivity contribution in [3.63, 3.8) is 0 Å². The number of nitrogens with zero attached hydrogens (tertiary/aromatic N) is 2. The second kappa shape index (κ2) is 6.33. The number of nitrogens with one attached hydrogen (secondary N) is 2. The van der Waals surface area contributed by atoms with Crippen molar-refractivity contribution in [1.82, 2.24) is 20.6 Å². The second-order valence-electron chi connectivity index (χ2n) is 4.26. The van der Waals surface area contributed by atoms with Crippen molar-refractivity contribution in [1.29, 1.82) is 0 Å². The molecule has 0 spiro atoms. The highest BCUT2D eigenvalue weighted by atomic mass is 16.5. The minimum absolute atomic E-state index is 0.156. The van der Waals surface area contributed by atoms with Gasteiger partial charge < -0.3 is 20.1 Å². The molecule has 0 unspecified atom stereocenters. The zero-order valence-corrected chi connectivity index (χ0v) is 11.1. The highest BCUT2D eigenvalue weighted by molar-refractivity contribution is 5.98. The van der Waals surface area contributed by atoms with Crippen LogP contribution in [0.3, 0.4) is 0 Å². The van der Waals surface area contributed by atoms with E-state index in [1.54, 1.807) is 0 Å². The zero-order chi connectivity index (χ0) is 13.7. The lowest BCUT2D eigenvalue weighted by Crippen LogP contribution is -2.43. The predicted octanol–water partition coefficient (Wildman–Crippen LogP) is -0.0244. The molecule has 1 amide bonds. The van der Waals surface area contributed by atoms with E-state index in [1.165, 1.54) is 20.5 Å². The molecule has 2 heterocycles. The molecule has 1 aromatic rings. The monoisotopic (exact) mass is 266 g/mol. The van der Waals surface area contributed by atoms with Crippen LogP contribution in [-0.2, 0) is 0 Å². The topological polar surface area (TPSA) is 85.4 Å². The maximum atomic E-state index is 12.3. The SMILES string of the molecule is COc1ncnc(OC)c1C(=O)NC1CCNCC1. The van der Waals surface area contributed by atoms with Crippen molar-refractivity contribution in [2.45, 2.75) is 18.9 Å². The van der Waals surface area contributed by atoms with Gasteiger partial charge in [0.15, 0.2) is 5.56 Å². The van der Waals surface area contributed by atoms with Crippen molar-refractivity contribution in [2.24, 2.45) is 0 Å². The zero-order valence-electron chi connectivity index (χ0n) is 11.1. The van der Waals surface area contributed by atoms with Crippen LogP contribution in [-0.4, -0.2) is 49.2 Å². The largest absolute Gasteiger partial charge is 0.480 e. The maximum Gasteiger partial charge on any atom is 0.262 e. The molecule has 1 saturated heterocycles. The van der Waals surface area contributed by atoms with E-state index in [0.717, 1.165) is 25.9 Å². The van der Waals surface area contributed by atoms with E-state index in [0.29, 0.717) is 0 Å². The number of aromatic nitrogens is 2. The van der Waals surface area contributed by atoms with E-state index >= 15 is 0 Å². The summed E-state index contributed by atoms with van der Waals surface area (Å²) in [6, 6.07) is 0.156. The van der Waals surface area contributed by atoms with Gasteiger partial charge in [0.2, 0.25) is 11.8 Å². The average Bonchev–Trinajstić information content (AvgIpc) is 2.47. The van der Waals surface area contributed by atoms with Crippen molar-refractivity contribution in [3.8, 4) is 11.8 Å². The molecular weight excluding hydrogens is 248 g/mol. The number of amides is 1. The standard InChI is InChI=1S/C12H18N4O3/c1-18-11-9(12(19-2)15-7-14-11)10(17)16-8-3-5-13-6-4-8/h7-8,13H,3-6H2,1-2H3,(H,16,17). The second-order valence-corrected chi connectivity index (χ2v) is 4.26. The minimum atomic E-state index is -0.263. The van der Waals surface area contributed by atoms with Gasteiger partial charge in [-0.2, -0.15) is 0 Å². The molecule has 0 radical (unpaired) electrons. The van der Waals surface area contributed by atoms with Gasteiger partial charge >= 0.3 is 0 Å². The smallest absolute Gasteiger partial charge is 0.262 e. The van der Waals surface area contributed by atoms with Gasteiger partial charge in [-0.3, -0.25) is 4.79 Å². The van der Waals surface area contributed by atoms with Gasteiger partial charge in [-0.15, -0.1) is 0 Å². The first kappa shape index (κ1) is 13.5. The Balaban J connectivity index is 2.17. The Labute approximate surface area is 111 Å². The number of carbonyl (C=O) groups excluding carboxylic acids is 1. The third-order valence-electron chi connectivity index (χ3n) is 3.07. The van der Waals surface area contributed by atoms with Crippen LogP contribution in [0.4, 0.5) is 0 Å². The molecule has 1 fully saturated rings. The van der Waals surface area contributed by atoms with Gasteiger partial charge in [0.1, 0.15) is 6.33 Å². The molecule has 2 rings (SSSR count). The molecule has 0 aromatic carbocycles. The summed E-state index contributed by atoms with van der Waals surface area (Å²) in [5.74, 6) is 0.178. The van der Waals surface area contributed by atoms with Crippen LogP contribution in [0.5, 0.6) is 11.8 Å². The molecule has 7 heteroatoms. The number of carbonyl (C=O) groups is 1. The summed E-state index contributed by atoms with van der Waals surface area (Å²) < 4.78 is 10.2. The van der Waals surface area contributed by atoms with E-state index in [-0.39, 0.29) is 29.3 Å². The van der Waals surface area contributed by atoms with E-state index in [2.05, 4.69) is 20.6 Å². The number of hydrogen-bond donors (Lipinski definition) is 2. The third-order valence-corrected chi connectivity index (χ3v) is 3.07. The summed E-state index contributed by atoms with van der Waals surface area (Å²) in [5.41, 5.74) is 0.242. The molecule has 1 aliphatic heterocycles. The first-order chi connectivity index (χ1) is 9.26. The fourth-order valence-corrected chi connectivity index (χ4v) is 2.08. The first-order valence-electron chi connectivity index (χ1n) is 6.20. The number of ether oxygens (including phenoxy) is 2. The third kappa shape index (κ3) is 3.11. The van der Waals surface area contributed by atoms with Crippen molar-refractivity contribution < 1.29 is 14.3 Å². The van der Waals surface area contributed by atoms with E-state index < -0.39 is 0 Å². The van der Waals surface area contributed by atoms with Gasteiger partial charge in [0.25, 0.3) is 5.91 Å². The van der Waals surface area contributed by atoms with Crippen molar-refractivity contribution >= 4 is 5.91 Å². The lowest BCUT2D eigenvalue weighted by Gasteiger charge is -2.24. The van der Waals surface area contributed by atoms with Crippen LogP contribution < -0.4 is 20.1 Å². The normalized spacial score (nSPS) is 15.9. The molecular formula is C12H18N4O3. The molecule has 0 bridgehead atoms. The van der Waals surface area contributed by atoms with Gasteiger partial charge in [-0.1, -0.05) is 0 Å². The fraction of sp³-hybridized carbons (Fsp3) is 0.583. The van der Waals surface area contributed by atoms with E-state index in [9.17, 15) is 4.79 Å². The molecule has 1 aromatic heterocycles. The number of hydrogen-bond acceptors (Lipinski definition) is 6. The Hall–Kier alpha value is -1.89. The molecule has 2 N–H and O–H groups in total. The molecule has 7 nitrogen and oxygen atoms in total. The summed E-state index contributed by atoms with van der Waals surface area (Å²) in [6.45, 7) is 1.81. The quantitative estimate of drug-likeness (QED) is 0.796. The van der Waals surface area contributed by atoms with Crippen LogP contribution in [0.15, 0.2) is 6.33 Å². The Morgan fingerprint density at radius 1 is 1.26 bits per heavy atom. The fourth-order valence-electron chi connectivity index (χ4n) is 2.08. The first-order valence-corrected chi connectivity index (χ1v) is 6.20. The molecule has 1 aliphatic rings. The summed E-state index contributed by atoms with van der Waals surface area (Å²) >= 11 is 0. The summed E-state index contributed by atoms with van der Waals surface area (Å²) in [7, 11) is 2.92. The van der Waals surface area contributed by atoms with Gasteiger partial charge in [-0.05, 0) is 25.9 Å². The number of piperidine rings is 1. The van der Waals surface area contributed by atoms with Crippen molar-refractivity contribution in [2.75, 3.05) is 27.3 Å². The summed E-state index contributed by atoms with van der Waals surface area (Å²) in [4.78, 5) is 20.2. The number of rotatable bonds is 4. The van der Waals surface area contributed by atoms with Crippen LogP contribution in [0.25, 0.3) is 0 Å². The van der Waals surface area contributed by atoms with Crippen LogP contribution in [0, 0.1) is 0 Å². The predicted molar refractivity (Wildman–Crippen MR) is 68.5 cm³/mol. The average molecular weight is 266 g/mol. The van der Waals surface area contributed by atoms with Gasteiger partial charge in [0, 0.05) is 6.04 Å². The van der Waals surface area contributed by atoms with Crippen LogP contribution >= 0.6 is 0 Å². The molecule has 0 atom stereocenters. The maximum absolute atomic E-state index is 12.3. The van der Waals surface area contributed by atoms with Gasteiger partial charge in [-0.25, -0.2) is 9.97 Å². The lowest BCUT2D eigenvalue weighted by atomic mass is 10.1. The molecule has 19 heavy (non-hydrogen) atoms. The Bertz CT molecular complexity index is 424. The van der Waals surface area contributed by atoms with Crippen molar-refractivity contribution in [3.05, 3.63) is 11.9 Å². The molecule has 104 valence electrons. The minimum Gasteiger partial charge on any atom is -0.480 e. The Morgan fingerprint density at radius 2 is 1.84 bits per heavy atom. The lowest BCUT2D eigenvalue weighted by molar-refractivity contribution is 0.0921. The Morgan fingerprint density at radius 3 is 2.37 bits per heavy atom. The Kier molecular flexibility index (Phi) is 4.51. The molecule has 0 aliphatic carbocycles. The van der Waals surface area contributed by atoms with Crippen LogP contribution in [0.2, 0.25) is 0 Å². The van der Waals surface area contributed by atoms with E-state index in [1.807, 2.05) is 0 Å². The summed E-state index contributed by atoms with van der Waals surface area (Å²) in [6.07, 6.45) is 3.12. The number of methoxy groups -OCH3 is 2. The highest BCUT2D eigenvalue weighted by Crippen LogP contribution is 2.23. The van der Waals surface area contributed by atoms with E-state index in [4.69, 9.17) is 9.47 Å². The van der Waals surface area contributed by atoms with Crippen LogP contribution in [0.1, 0.15) is 23.2 Å². The van der Waals surface area contributed by atoms with Gasteiger partial charge in [0.05, 0.1) is 14.2 Å². The highest BCUT2D eigenvalue weighted by Gasteiger charge is 2.24. The molecule has 0 saturated carbocycles.